The van der Waals surface area contributed by atoms with Gasteiger partial charge in [0.15, 0.2) is 5.76 Å². The molecule has 2 aliphatic heterocycles. The molecule has 9 heteroatoms. The standard InChI is InChI=1S/C21H23N3O5S/c25-18(6-2-1-5-17-19-15(12-30-17)23-21(27)24-19)29-14-9-7-13(8-10-14)22-20(26)16-4-3-11-28-16/h3-4,7-11,15,17,19H,1-2,5-6,12H2,(H,22,26)(H2,23,24,27)/t15-,17+,19+/m1/s1. The molecule has 3 atom stereocenters. The fourth-order valence-corrected chi connectivity index (χ4v) is 5.19. The van der Waals surface area contributed by atoms with Crippen LogP contribution in [0.4, 0.5) is 10.5 Å². The normalized spacial score (nSPS) is 22.1. The lowest BCUT2D eigenvalue weighted by Gasteiger charge is -2.16. The number of urea groups is 1. The molecule has 0 aliphatic carbocycles. The predicted molar refractivity (Wildman–Crippen MR) is 113 cm³/mol. The van der Waals surface area contributed by atoms with Crippen molar-refractivity contribution in [3.8, 4) is 5.75 Å². The molecule has 1 aromatic carbocycles. The minimum atomic E-state index is -0.343. The third kappa shape index (κ3) is 4.96. The summed E-state index contributed by atoms with van der Waals surface area (Å²) in [4.78, 5) is 35.4. The van der Waals surface area contributed by atoms with E-state index in [0.29, 0.717) is 23.1 Å². The topological polar surface area (TPSA) is 110 Å². The van der Waals surface area contributed by atoms with Gasteiger partial charge in [0.1, 0.15) is 5.75 Å². The number of rotatable bonds is 8. The van der Waals surface area contributed by atoms with Crippen LogP contribution in [0.25, 0.3) is 0 Å². The number of hydrogen-bond donors (Lipinski definition) is 3. The van der Waals surface area contributed by atoms with Gasteiger partial charge < -0.3 is 25.1 Å². The summed E-state index contributed by atoms with van der Waals surface area (Å²) >= 11 is 1.87. The van der Waals surface area contributed by atoms with E-state index in [1.54, 1.807) is 36.4 Å². The summed E-state index contributed by atoms with van der Waals surface area (Å²) in [7, 11) is 0. The van der Waals surface area contributed by atoms with Crippen LogP contribution in [0.15, 0.2) is 47.1 Å². The highest BCUT2D eigenvalue weighted by Crippen LogP contribution is 2.33. The first-order valence-corrected chi connectivity index (χ1v) is 11.0. The second kappa shape index (κ2) is 9.25. The summed E-state index contributed by atoms with van der Waals surface area (Å²) in [5, 5.41) is 9.01. The van der Waals surface area contributed by atoms with Crippen LogP contribution in [0.3, 0.4) is 0 Å². The molecule has 0 unspecified atom stereocenters. The summed E-state index contributed by atoms with van der Waals surface area (Å²) in [6, 6.07) is 10.2. The Bertz CT molecular complexity index is 900. The van der Waals surface area contributed by atoms with E-state index in [1.165, 1.54) is 6.26 Å². The molecule has 4 rings (SSSR count). The highest BCUT2D eigenvalue weighted by molar-refractivity contribution is 8.00. The number of hydrogen-bond acceptors (Lipinski definition) is 6. The molecule has 0 saturated carbocycles. The first-order valence-electron chi connectivity index (χ1n) is 9.93. The number of anilines is 1. The number of benzene rings is 1. The number of carbonyl (C=O) groups is 3. The monoisotopic (exact) mass is 429 g/mol. The van der Waals surface area contributed by atoms with Gasteiger partial charge in [0.25, 0.3) is 5.91 Å². The van der Waals surface area contributed by atoms with Gasteiger partial charge in [-0.15, -0.1) is 0 Å². The van der Waals surface area contributed by atoms with E-state index < -0.39 is 0 Å². The lowest BCUT2D eigenvalue weighted by Crippen LogP contribution is -2.36. The number of esters is 1. The molecular formula is C21H23N3O5S. The van der Waals surface area contributed by atoms with E-state index in [9.17, 15) is 14.4 Å². The molecule has 2 fully saturated rings. The van der Waals surface area contributed by atoms with E-state index in [-0.39, 0.29) is 35.8 Å². The maximum absolute atomic E-state index is 12.1. The van der Waals surface area contributed by atoms with Crippen LogP contribution < -0.4 is 20.7 Å². The van der Waals surface area contributed by atoms with E-state index >= 15 is 0 Å². The molecule has 158 valence electrons. The zero-order chi connectivity index (χ0) is 20.9. The number of carbonyl (C=O) groups excluding carboxylic acids is 3. The largest absolute Gasteiger partial charge is 0.459 e. The van der Waals surface area contributed by atoms with Gasteiger partial charge in [-0.2, -0.15) is 11.8 Å². The lowest BCUT2D eigenvalue weighted by atomic mass is 10.0. The number of unbranched alkanes of at least 4 members (excludes halogenated alkanes) is 1. The maximum atomic E-state index is 12.1. The van der Waals surface area contributed by atoms with E-state index in [4.69, 9.17) is 9.15 Å². The first kappa shape index (κ1) is 20.3. The molecule has 0 spiro atoms. The number of fused-ring (bicyclic) bond motifs is 1. The molecule has 0 radical (unpaired) electrons. The van der Waals surface area contributed by atoms with Crippen LogP contribution in [-0.4, -0.2) is 41.0 Å². The molecule has 30 heavy (non-hydrogen) atoms. The van der Waals surface area contributed by atoms with Gasteiger partial charge in [-0.05, 0) is 49.2 Å². The van der Waals surface area contributed by atoms with Crippen LogP contribution in [0.2, 0.25) is 0 Å². The summed E-state index contributed by atoms with van der Waals surface area (Å²) in [6.07, 6.45) is 4.39. The molecule has 1 aromatic heterocycles. The fourth-order valence-electron chi connectivity index (χ4n) is 3.65. The zero-order valence-corrected chi connectivity index (χ0v) is 17.1. The molecule has 3 heterocycles. The van der Waals surface area contributed by atoms with Crippen molar-refractivity contribution in [2.24, 2.45) is 0 Å². The molecule has 0 bridgehead atoms. The quantitative estimate of drug-likeness (QED) is 0.257. The van der Waals surface area contributed by atoms with Crippen molar-refractivity contribution < 1.29 is 23.5 Å². The average molecular weight is 429 g/mol. The van der Waals surface area contributed by atoms with Crippen molar-refractivity contribution in [2.75, 3.05) is 11.1 Å². The fraction of sp³-hybridized carbons (Fsp3) is 0.381. The maximum Gasteiger partial charge on any atom is 0.315 e. The van der Waals surface area contributed by atoms with Crippen LogP contribution >= 0.6 is 11.8 Å². The predicted octanol–water partition coefficient (Wildman–Crippen LogP) is 3.16. The smallest absolute Gasteiger partial charge is 0.315 e. The van der Waals surface area contributed by atoms with Gasteiger partial charge in [-0.1, -0.05) is 6.42 Å². The van der Waals surface area contributed by atoms with Crippen molar-refractivity contribution in [1.29, 1.82) is 0 Å². The summed E-state index contributed by atoms with van der Waals surface area (Å²) < 4.78 is 10.4. The summed E-state index contributed by atoms with van der Waals surface area (Å²) in [6.45, 7) is 0. The van der Waals surface area contributed by atoms with E-state index in [0.717, 1.165) is 25.0 Å². The highest BCUT2D eigenvalue weighted by Gasteiger charge is 2.42. The van der Waals surface area contributed by atoms with Gasteiger partial charge in [0.2, 0.25) is 0 Å². The number of furan rings is 1. The highest BCUT2D eigenvalue weighted by atomic mass is 32.2. The second-order valence-electron chi connectivity index (χ2n) is 7.30. The Hall–Kier alpha value is -2.94. The molecule has 3 amide bonds. The van der Waals surface area contributed by atoms with Crippen LogP contribution in [0.1, 0.15) is 36.2 Å². The lowest BCUT2D eigenvalue weighted by molar-refractivity contribution is -0.134. The Balaban J connectivity index is 1.15. The van der Waals surface area contributed by atoms with E-state index in [1.807, 2.05) is 11.8 Å². The van der Waals surface area contributed by atoms with Crippen molar-refractivity contribution >= 4 is 35.4 Å². The van der Waals surface area contributed by atoms with Gasteiger partial charge in [-0.3, -0.25) is 9.59 Å². The Kier molecular flexibility index (Phi) is 6.27. The zero-order valence-electron chi connectivity index (χ0n) is 16.3. The van der Waals surface area contributed by atoms with Gasteiger partial charge >= 0.3 is 12.0 Å². The molecular weight excluding hydrogens is 406 g/mol. The Morgan fingerprint density at radius 1 is 1.17 bits per heavy atom. The Morgan fingerprint density at radius 2 is 2.00 bits per heavy atom. The van der Waals surface area contributed by atoms with Crippen molar-refractivity contribution in [3.63, 3.8) is 0 Å². The summed E-state index contributed by atoms with van der Waals surface area (Å²) in [5.74, 6) is 0.974. The van der Waals surface area contributed by atoms with Gasteiger partial charge in [0, 0.05) is 23.1 Å². The minimum Gasteiger partial charge on any atom is -0.459 e. The van der Waals surface area contributed by atoms with Gasteiger partial charge in [0.05, 0.1) is 18.3 Å². The summed E-state index contributed by atoms with van der Waals surface area (Å²) in [5.41, 5.74) is 0.581. The van der Waals surface area contributed by atoms with Crippen LogP contribution in [-0.2, 0) is 4.79 Å². The number of thioether (sulfide) groups is 1. The number of nitrogens with one attached hydrogen (secondary N) is 3. The van der Waals surface area contributed by atoms with Crippen molar-refractivity contribution in [3.05, 3.63) is 48.4 Å². The Morgan fingerprint density at radius 3 is 2.77 bits per heavy atom. The third-order valence-corrected chi connectivity index (χ3v) is 6.66. The van der Waals surface area contributed by atoms with Crippen molar-refractivity contribution in [2.45, 2.75) is 43.0 Å². The number of amides is 3. The van der Waals surface area contributed by atoms with Crippen LogP contribution in [0.5, 0.6) is 5.75 Å². The molecule has 8 nitrogen and oxygen atoms in total. The SMILES string of the molecule is O=C1N[C@@H]2[C@H](CCCCC(=O)Oc3ccc(NC(=O)c4ccco4)cc3)SC[C@H]2N1. The molecule has 3 N–H and O–H groups in total. The van der Waals surface area contributed by atoms with Gasteiger partial charge in [-0.25, -0.2) is 4.79 Å². The Labute approximate surface area is 178 Å². The molecule has 2 aliphatic rings. The average Bonchev–Trinajstić information content (AvgIpc) is 3.45. The van der Waals surface area contributed by atoms with Crippen LogP contribution in [0, 0.1) is 0 Å². The van der Waals surface area contributed by atoms with E-state index in [2.05, 4.69) is 16.0 Å². The third-order valence-electron chi connectivity index (χ3n) is 5.15. The first-order chi connectivity index (χ1) is 14.6. The van der Waals surface area contributed by atoms with Crippen molar-refractivity contribution in [1.82, 2.24) is 10.6 Å². The number of ether oxygens (including phenoxy) is 1. The minimum absolute atomic E-state index is 0.0783. The molecule has 2 saturated heterocycles. The molecule has 2 aromatic rings. The second-order valence-corrected chi connectivity index (χ2v) is 8.57.